The number of nitrogens with zero attached hydrogens (tertiary/aromatic N) is 5. The van der Waals surface area contributed by atoms with Crippen molar-refractivity contribution in [3.8, 4) is 11.3 Å². The summed E-state index contributed by atoms with van der Waals surface area (Å²) in [4.78, 5) is 35.0. The van der Waals surface area contributed by atoms with E-state index in [9.17, 15) is 18.0 Å². The summed E-state index contributed by atoms with van der Waals surface area (Å²) in [6, 6.07) is 10.5. The molecule has 2 aliphatic heterocycles. The van der Waals surface area contributed by atoms with Crippen LogP contribution >= 0.6 is 11.3 Å². The van der Waals surface area contributed by atoms with Gasteiger partial charge in [-0.15, -0.1) is 11.3 Å². The summed E-state index contributed by atoms with van der Waals surface area (Å²) in [6.07, 6.45) is -1.28. The number of aromatic nitrogens is 3. The first-order chi connectivity index (χ1) is 16.6. The highest BCUT2D eigenvalue weighted by Crippen LogP contribution is 2.41. The van der Waals surface area contributed by atoms with Crippen LogP contribution < -0.4 is 0 Å². The number of aliphatic carboxylic acids is 1. The van der Waals surface area contributed by atoms with Gasteiger partial charge in [-0.3, -0.25) is 9.69 Å². The quantitative estimate of drug-likeness (QED) is 0.569. The van der Waals surface area contributed by atoms with Crippen molar-refractivity contribution >= 4 is 23.2 Å². The fraction of sp³-hybridized carbons (Fsp3) is 0.391. The molecule has 1 saturated heterocycles. The van der Waals surface area contributed by atoms with Crippen molar-refractivity contribution in [2.24, 2.45) is 0 Å². The van der Waals surface area contributed by atoms with Crippen LogP contribution in [0.25, 0.3) is 11.3 Å². The van der Waals surface area contributed by atoms with Gasteiger partial charge in [0, 0.05) is 31.6 Å². The van der Waals surface area contributed by atoms with E-state index in [1.165, 1.54) is 22.6 Å². The Morgan fingerprint density at radius 2 is 1.71 bits per heavy atom. The van der Waals surface area contributed by atoms with Crippen LogP contribution in [0, 0.1) is 0 Å². The average molecular weight is 508 g/mol. The smallest absolute Gasteiger partial charge is 0.475 e. The highest BCUT2D eigenvalue weighted by Gasteiger charge is 2.46. The molecule has 4 heterocycles. The van der Waals surface area contributed by atoms with Gasteiger partial charge >= 0.3 is 12.1 Å². The number of amides is 1. The van der Waals surface area contributed by atoms with Gasteiger partial charge in [-0.2, -0.15) is 13.2 Å². The van der Waals surface area contributed by atoms with Crippen LogP contribution in [0.1, 0.15) is 29.2 Å². The summed E-state index contributed by atoms with van der Waals surface area (Å²) >= 11 is 1.47. The first-order valence-corrected chi connectivity index (χ1v) is 11.9. The van der Waals surface area contributed by atoms with E-state index in [-0.39, 0.29) is 11.4 Å². The molecule has 1 amide bonds. The van der Waals surface area contributed by atoms with Gasteiger partial charge in [0.1, 0.15) is 11.5 Å². The third-order valence-corrected chi connectivity index (χ3v) is 7.09. The molecule has 35 heavy (non-hydrogen) atoms. The molecule has 2 aliphatic rings. The van der Waals surface area contributed by atoms with E-state index in [1.807, 2.05) is 22.5 Å². The lowest BCUT2D eigenvalue weighted by Crippen LogP contribution is -2.57. The molecule has 2 aromatic heterocycles. The number of likely N-dealkylation sites (tertiary alicyclic amines) is 1. The molecule has 0 bridgehead atoms. The minimum absolute atomic E-state index is 0.0443. The monoisotopic (exact) mass is 507 g/mol. The highest BCUT2D eigenvalue weighted by molar-refractivity contribution is 7.07. The summed E-state index contributed by atoms with van der Waals surface area (Å²) in [5.41, 5.74) is 4.56. The van der Waals surface area contributed by atoms with Crippen LogP contribution in [0.3, 0.4) is 0 Å². The Labute approximate surface area is 203 Å². The Morgan fingerprint density at radius 1 is 1.06 bits per heavy atom. The number of carboxylic acid groups (broad SMARTS) is 1. The molecule has 0 saturated carbocycles. The SMILES string of the molecule is CN1CCn2c(-c3ccccc3)cnc2C12CCN(C(=O)c1cscn1)CC2.O=C(O)C(F)(F)F. The lowest BCUT2D eigenvalue weighted by Gasteiger charge is -2.49. The molecular weight excluding hydrogens is 483 g/mol. The number of hydrogen-bond donors (Lipinski definition) is 1. The van der Waals surface area contributed by atoms with Crippen molar-refractivity contribution in [3.05, 3.63) is 58.9 Å². The van der Waals surface area contributed by atoms with E-state index < -0.39 is 12.1 Å². The number of rotatable bonds is 2. The molecule has 8 nitrogen and oxygen atoms in total. The molecule has 1 fully saturated rings. The van der Waals surface area contributed by atoms with E-state index >= 15 is 0 Å². The van der Waals surface area contributed by atoms with Crippen LogP contribution in [-0.4, -0.2) is 74.2 Å². The summed E-state index contributed by atoms with van der Waals surface area (Å²) in [7, 11) is 2.19. The first kappa shape index (κ1) is 24.9. The van der Waals surface area contributed by atoms with Gasteiger partial charge in [0.15, 0.2) is 0 Å². The van der Waals surface area contributed by atoms with Crippen molar-refractivity contribution in [3.63, 3.8) is 0 Å². The van der Waals surface area contributed by atoms with E-state index in [2.05, 4.69) is 45.8 Å². The standard InChI is InChI=1S/C21H23N5OS.C2HF3O2/c1-24-11-12-26-18(16-5-3-2-4-6-16)13-22-20(26)21(24)7-9-25(10-8-21)19(27)17-14-28-15-23-17;3-2(4,5)1(6)7/h2-6,13-15H,7-12H2,1H3;(H,6,7). The lowest BCUT2D eigenvalue weighted by molar-refractivity contribution is -0.192. The maximum Gasteiger partial charge on any atom is 0.490 e. The van der Waals surface area contributed by atoms with E-state index in [1.54, 1.807) is 5.51 Å². The molecule has 5 rings (SSSR count). The predicted octanol–water partition coefficient (Wildman–Crippen LogP) is 3.72. The molecule has 1 aromatic carbocycles. The van der Waals surface area contributed by atoms with Crippen molar-refractivity contribution in [1.29, 1.82) is 0 Å². The van der Waals surface area contributed by atoms with Crippen LogP contribution in [0.2, 0.25) is 0 Å². The summed E-state index contributed by atoms with van der Waals surface area (Å²) in [5, 5.41) is 8.96. The number of alkyl halides is 3. The van der Waals surface area contributed by atoms with Crippen molar-refractivity contribution in [1.82, 2.24) is 24.3 Å². The first-order valence-electron chi connectivity index (χ1n) is 10.9. The zero-order chi connectivity index (χ0) is 25.2. The Morgan fingerprint density at radius 3 is 2.29 bits per heavy atom. The Kier molecular flexibility index (Phi) is 6.95. The number of carbonyl (C=O) groups is 2. The summed E-state index contributed by atoms with van der Waals surface area (Å²) in [6.45, 7) is 3.39. The number of halogens is 3. The maximum atomic E-state index is 12.7. The molecule has 12 heteroatoms. The van der Waals surface area contributed by atoms with Gasteiger partial charge < -0.3 is 14.6 Å². The highest BCUT2D eigenvalue weighted by atomic mass is 32.1. The van der Waals surface area contributed by atoms with Crippen LogP contribution in [0.4, 0.5) is 13.2 Å². The molecule has 186 valence electrons. The van der Waals surface area contributed by atoms with Crippen molar-refractivity contribution in [2.45, 2.75) is 31.1 Å². The van der Waals surface area contributed by atoms with Gasteiger partial charge in [-0.25, -0.2) is 14.8 Å². The van der Waals surface area contributed by atoms with Crippen LogP contribution in [0.15, 0.2) is 47.4 Å². The zero-order valence-corrected chi connectivity index (χ0v) is 19.7. The molecule has 1 spiro atoms. The third-order valence-electron chi connectivity index (χ3n) is 6.50. The third kappa shape index (κ3) is 4.94. The number of fused-ring (bicyclic) bond motifs is 2. The second kappa shape index (κ2) is 9.78. The van der Waals surface area contributed by atoms with Gasteiger partial charge in [0.2, 0.25) is 0 Å². The second-order valence-corrected chi connectivity index (χ2v) is 9.13. The molecule has 0 unspecified atom stereocenters. The zero-order valence-electron chi connectivity index (χ0n) is 18.9. The minimum atomic E-state index is -5.08. The molecule has 0 atom stereocenters. The van der Waals surface area contributed by atoms with Crippen LogP contribution in [-0.2, 0) is 16.9 Å². The van der Waals surface area contributed by atoms with Crippen molar-refractivity contribution < 1.29 is 27.9 Å². The van der Waals surface area contributed by atoms with Gasteiger partial charge in [-0.1, -0.05) is 30.3 Å². The molecular formula is C23H24F3N5O3S. The number of piperidine rings is 1. The second-order valence-electron chi connectivity index (χ2n) is 8.41. The van der Waals surface area contributed by atoms with E-state index in [0.29, 0.717) is 5.69 Å². The fourth-order valence-corrected chi connectivity index (χ4v) is 5.14. The Hall–Kier alpha value is -3.25. The van der Waals surface area contributed by atoms with Crippen molar-refractivity contribution in [2.75, 3.05) is 26.7 Å². The molecule has 3 aromatic rings. The molecule has 0 radical (unpaired) electrons. The normalized spacial score (nSPS) is 17.4. The Bertz CT molecular complexity index is 1170. The van der Waals surface area contributed by atoms with Gasteiger partial charge in [0.05, 0.1) is 22.9 Å². The molecule has 1 N–H and O–H groups in total. The average Bonchev–Trinajstić information content (AvgIpc) is 3.53. The number of carbonyl (C=O) groups excluding carboxylic acids is 1. The number of imidazole rings is 1. The van der Waals surface area contributed by atoms with E-state index in [0.717, 1.165) is 44.8 Å². The lowest BCUT2D eigenvalue weighted by atomic mass is 9.83. The van der Waals surface area contributed by atoms with Gasteiger partial charge in [0.25, 0.3) is 5.91 Å². The molecule has 0 aliphatic carbocycles. The van der Waals surface area contributed by atoms with E-state index in [4.69, 9.17) is 14.9 Å². The number of benzene rings is 1. The Balaban J connectivity index is 0.000000364. The topological polar surface area (TPSA) is 91.6 Å². The predicted molar refractivity (Wildman–Crippen MR) is 123 cm³/mol. The minimum Gasteiger partial charge on any atom is -0.475 e. The van der Waals surface area contributed by atoms with Gasteiger partial charge in [-0.05, 0) is 25.5 Å². The number of carboxylic acids is 1. The maximum absolute atomic E-state index is 12.7. The summed E-state index contributed by atoms with van der Waals surface area (Å²) in [5.74, 6) is -1.57. The largest absolute Gasteiger partial charge is 0.490 e. The number of hydrogen-bond acceptors (Lipinski definition) is 6. The fourth-order valence-electron chi connectivity index (χ4n) is 4.61. The van der Waals surface area contributed by atoms with Crippen LogP contribution in [0.5, 0.6) is 0 Å². The number of likely N-dealkylation sites (N-methyl/N-ethyl adjacent to an activating group) is 1. The summed E-state index contributed by atoms with van der Waals surface area (Å²) < 4.78 is 34.1. The number of thiazole rings is 1.